The quantitative estimate of drug-likeness (QED) is 0.752. The van der Waals surface area contributed by atoms with Crippen LogP contribution in [0, 0.1) is 13.8 Å². The number of rotatable bonds is 8. The molecule has 6 nitrogen and oxygen atoms in total. The number of aryl methyl sites for hydroxylation is 2. The number of hydrogen-bond acceptors (Lipinski definition) is 4. The van der Waals surface area contributed by atoms with Crippen molar-refractivity contribution in [1.29, 1.82) is 0 Å². The average Bonchev–Trinajstić information content (AvgIpc) is 2.99. The third-order valence-corrected chi connectivity index (χ3v) is 3.76. The fraction of sp³-hybridized carbons (Fsp3) is 0.667. The predicted octanol–water partition coefficient (Wildman–Crippen LogP) is 1.70. The predicted molar refractivity (Wildman–Crippen MR) is 83.4 cm³/mol. The first-order valence-electron chi connectivity index (χ1n) is 7.77. The second kappa shape index (κ2) is 7.36. The molecule has 0 aliphatic carbocycles. The van der Waals surface area contributed by atoms with E-state index >= 15 is 0 Å². The van der Waals surface area contributed by atoms with E-state index in [-0.39, 0.29) is 0 Å². The minimum atomic E-state index is 0.688. The SMILES string of the molecule is CCCn1ncnc1Cn1nc(C)c(CCNCC)c1C. The lowest BCUT2D eigenvalue weighted by molar-refractivity contribution is 0.533. The van der Waals surface area contributed by atoms with Crippen molar-refractivity contribution in [3.63, 3.8) is 0 Å². The van der Waals surface area contributed by atoms with Crippen molar-refractivity contribution in [2.24, 2.45) is 0 Å². The zero-order valence-electron chi connectivity index (χ0n) is 13.6. The van der Waals surface area contributed by atoms with E-state index in [2.05, 4.69) is 48.2 Å². The maximum absolute atomic E-state index is 4.67. The van der Waals surface area contributed by atoms with Gasteiger partial charge >= 0.3 is 0 Å². The van der Waals surface area contributed by atoms with E-state index in [4.69, 9.17) is 0 Å². The van der Waals surface area contributed by atoms with E-state index in [1.165, 1.54) is 11.3 Å². The number of hydrogen-bond donors (Lipinski definition) is 1. The largest absolute Gasteiger partial charge is 0.317 e. The first-order valence-corrected chi connectivity index (χ1v) is 7.77. The Hall–Kier alpha value is -1.69. The maximum atomic E-state index is 4.67. The van der Waals surface area contributed by atoms with Crippen molar-refractivity contribution in [3.05, 3.63) is 29.1 Å². The van der Waals surface area contributed by atoms with Gasteiger partial charge in [-0.3, -0.25) is 4.68 Å². The van der Waals surface area contributed by atoms with Gasteiger partial charge in [-0.2, -0.15) is 10.2 Å². The molecule has 0 aromatic carbocycles. The summed E-state index contributed by atoms with van der Waals surface area (Å²) in [4.78, 5) is 4.36. The molecule has 0 aliphatic heterocycles. The van der Waals surface area contributed by atoms with Gasteiger partial charge in [-0.1, -0.05) is 13.8 Å². The first kappa shape index (κ1) is 15.7. The Morgan fingerprint density at radius 1 is 1.19 bits per heavy atom. The van der Waals surface area contributed by atoms with Gasteiger partial charge in [0.25, 0.3) is 0 Å². The highest BCUT2D eigenvalue weighted by atomic mass is 15.4. The van der Waals surface area contributed by atoms with Crippen LogP contribution in [0.3, 0.4) is 0 Å². The number of likely N-dealkylation sites (N-methyl/N-ethyl adjacent to an activating group) is 1. The highest BCUT2D eigenvalue weighted by Gasteiger charge is 2.13. The normalized spacial score (nSPS) is 11.2. The molecule has 0 amide bonds. The van der Waals surface area contributed by atoms with Crippen LogP contribution in [0.2, 0.25) is 0 Å². The van der Waals surface area contributed by atoms with Crippen LogP contribution >= 0.6 is 0 Å². The third-order valence-electron chi connectivity index (χ3n) is 3.76. The summed E-state index contributed by atoms with van der Waals surface area (Å²) in [6.07, 6.45) is 3.71. The molecule has 2 aromatic rings. The Kier molecular flexibility index (Phi) is 5.50. The molecule has 0 fully saturated rings. The summed E-state index contributed by atoms with van der Waals surface area (Å²) in [5.41, 5.74) is 3.70. The fourth-order valence-corrected chi connectivity index (χ4v) is 2.58. The van der Waals surface area contributed by atoms with E-state index in [0.717, 1.165) is 44.0 Å². The van der Waals surface area contributed by atoms with E-state index in [0.29, 0.717) is 6.54 Å². The third kappa shape index (κ3) is 3.69. The van der Waals surface area contributed by atoms with Crippen LogP contribution in [0.25, 0.3) is 0 Å². The Morgan fingerprint density at radius 3 is 2.71 bits per heavy atom. The van der Waals surface area contributed by atoms with Crippen molar-refractivity contribution in [2.45, 2.75) is 53.6 Å². The van der Waals surface area contributed by atoms with Crippen LogP contribution in [0.5, 0.6) is 0 Å². The van der Waals surface area contributed by atoms with Gasteiger partial charge in [0.2, 0.25) is 0 Å². The fourth-order valence-electron chi connectivity index (χ4n) is 2.58. The monoisotopic (exact) mass is 290 g/mol. The molecule has 2 rings (SSSR count). The first-order chi connectivity index (χ1) is 10.2. The molecular weight excluding hydrogens is 264 g/mol. The van der Waals surface area contributed by atoms with Crippen molar-refractivity contribution < 1.29 is 0 Å². The second-order valence-electron chi connectivity index (χ2n) is 5.31. The summed E-state index contributed by atoms with van der Waals surface area (Å²) in [7, 11) is 0. The van der Waals surface area contributed by atoms with Gasteiger partial charge in [0.1, 0.15) is 18.7 Å². The van der Waals surface area contributed by atoms with Gasteiger partial charge in [0, 0.05) is 12.2 Å². The second-order valence-corrected chi connectivity index (χ2v) is 5.31. The van der Waals surface area contributed by atoms with Crippen LogP contribution in [0.15, 0.2) is 6.33 Å². The Labute approximate surface area is 126 Å². The Balaban J connectivity index is 2.13. The van der Waals surface area contributed by atoms with Crippen molar-refractivity contribution in [1.82, 2.24) is 29.9 Å². The van der Waals surface area contributed by atoms with Gasteiger partial charge < -0.3 is 5.32 Å². The molecule has 0 unspecified atom stereocenters. The van der Waals surface area contributed by atoms with Gasteiger partial charge in [-0.15, -0.1) is 0 Å². The molecule has 116 valence electrons. The Morgan fingerprint density at radius 2 is 2.00 bits per heavy atom. The molecule has 0 saturated heterocycles. The molecule has 21 heavy (non-hydrogen) atoms. The molecule has 0 saturated carbocycles. The smallest absolute Gasteiger partial charge is 0.148 e. The minimum absolute atomic E-state index is 0.688. The molecule has 2 aromatic heterocycles. The lowest BCUT2D eigenvalue weighted by Gasteiger charge is -2.07. The summed E-state index contributed by atoms with van der Waals surface area (Å²) < 4.78 is 4.02. The minimum Gasteiger partial charge on any atom is -0.317 e. The van der Waals surface area contributed by atoms with Gasteiger partial charge in [0.05, 0.1) is 5.69 Å². The molecule has 2 heterocycles. The van der Waals surface area contributed by atoms with Gasteiger partial charge in [-0.25, -0.2) is 9.67 Å². The zero-order valence-corrected chi connectivity index (χ0v) is 13.6. The Bertz CT molecular complexity index is 569. The topological polar surface area (TPSA) is 60.6 Å². The number of aromatic nitrogens is 5. The van der Waals surface area contributed by atoms with Crippen LogP contribution < -0.4 is 5.32 Å². The van der Waals surface area contributed by atoms with E-state index < -0.39 is 0 Å². The van der Waals surface area contributed by atoms with Crippen molar-refractivity contribution >= 4 is 0 Å². The zero-order chi connectivity index (χ0) is 15.2. The molecule has 6 heteroatoms. The lowest BCUT2D eigenvalue weighted by Crippen LogP contribution is -2.17. The lowest BCUT2D eigenvalue weighted by atomic mass is 10.1. The van der Waals surface area contributed by atoms with Crippen LogP contribution in [0.4, 0.5) is 0 Å². The van der Waals surface area contributed by atoms with Gasteiger partial charge in [-0.05, 0) is 45.3 Å². The average molecular weight is 290 g/mol. The maximum Gasteiger partial charge on any atom is 0.148 e. The standard InChI is InChI=1S/C15H26N6/c1-5-9-20-15(17-11-18-20)10-21-13(4)14(12(3)19-21)7-8-16-6-2/h11,16H,5-10H2,1-4H3. The summed E-state index contributed by atoms with van der Waals surface area (Å²) in [6, 6.07) is 0. The number of nitrogens with one attached hydrogen (secondary N) is 1. The van der Waals surface area contributed by atoms with Gasteiger partial charge in [0.15, 0.2) is 0 Å². The van der Waals surface area contributed by atoms with Crippen LogP contribution in [0.1, 0.15) is 43.0 Å². The van der Waals surface area contributed by atoms with Crippen LogP contribution in [-0.2, 0) is 19.5 Å². The van der Waals surface area contributed by atoms with E-state index in [1.54, 1.807) is 6.33 Å². The molecule has 0 bridgehead atoms. The molecule has 0 atom stereocenters. The van der Waals surface area contributed by atoms with Crippen molar-refractivity contribution in [2.75, 3.05) is 13.1 Å². The molecule has 0 aliphatic rings. The highest BCUT2D eigenvalue weighted by molar-refractivity contribution is 5.25. The van der Waals surface area contributed by atoms with Crippen molar-refractivity contribution in [3.8, 4) is 0 Å². The number of nitrogens with zero attached hydrogens (tertiary/aromatic N) is 5. The molecular formula is C15H26N6. The molecule has 0 radical (unpaired) electrons. The molecule has 0 spiro atoms. The highest BCUT2D eigenvalue weighted by Crippen LogP contribution is 2.14. The summed E-state index contributed by atoms with van der Waals surface area (Å²) in [5.74, 6) is 0.973. The summed E-state index contributed by atoms with van der Waals surface area (Å²) in [5, 5.41) is 12.3. The van der Waals surface area contributed by atoms with Crippen LogP contribution in [-0.4, -0.2) is 37.6 Å². The molecule has 1 N–H and O–H groups in total. The summed E-state index contributed by atoms with van der Waals surface area (Å²) in [6.45, 7) is 12.1. The van der Waals surface area contributed by atoms with E-state index in [9.17, 15) is 0 Å². The van der Waals surface area contributed by atoms with E-state index in [1.807, 2.05) is 9.36 Å². The summed E-state index contributed by atoms with van der Waals surface area (Å²) >= 11 is 0.